The van der Waals surface area contributed by atoms with Crippen molar-refractivity contribution >= 4 is 0 Å². The van der Waals surface area contributed by atoms with Crippen LogP contribution in [0.15, 0.2) is 24.3 Å². The third kappa shape index (κ3) is 2.48. The molecule has 0 spiro atoms. The van der Waals surface area contributed by atoms with Crippen molar-refractivity contribution in [1.29, 1.82) is 0 Å². The van der Waals surface area contributed by atoms with E-state index in [9.17, 15) is 0 Å². The number of nitrogens with two attached hydrogens (primary N) is 1. The van der Waals surface area contributed by atoms with Crippen LogP contribution in [0.2, 0.25) is 0 Å². The van der Waals surface area contributed by atoms with Gasteiger partial charge in [-0.1, -0.05) is 39.8 Å². The highest BCUT2D eigenvalue weighted by Crippen LogP contribution is 2.34. The molecule has 78 valence electrons. The van der Waals surface area contributed by atoms with Crippen LogP contribution in [0.5, 0.6) is 5.75 Å². The van der Waals surface area contributed by atoms with Crippen LogP contribution < -0.4 is 10.7 Å². The van der Waals surface area contributed by atoms with Crippen LogP contribution in [0.1, 0.15) is 39.2 Å². The van der Waals surface area contributed by atoms with Crippen molar-refractivity contribution in [2.75, 3.05) is 0 Å². The molecule has 0 saturated heterocycles. The Morgan fingerprint density at radius 3 is 2.00 bits per heavy atom. The summed E-state index contributed by atoms with van der Waals surface area (Å²) in [6.45, 7) is 8.96. The summed E-state index contributed by atoms with van der Waals surface area (Å²) in [4.78, 5) is 4.63. The van der Waals surface area contributed by atoms with Gasteiger partial charge < -0.3 is 4.84 Å². The minimum Gasteiger partial charge on any atom is -0.412 e. The van der Waals surface area contributed by atoms with E-state index in [-0.39, 0.29) is 5.41 Å². The van der Waals surface area contributed by atoms with Gasteiger partial charge in [-0.15, -0.1) is 0 Å². The fraction of sp³-hybridized carbons (Fsp3) is 0.500. The quantitative estimate of drug-likeness (QED) is 0.732. The topological polar surface area (TPSA) is 35.2 Å². The van der Waals surface area contributed by atoms with Crippen LogP contribution in [0.25, 0.3) is 0 Å². The third-order valence-electron chi connectivity index (χ3n) is 2.82. The average molecular weight is 193 g/mol. The van der Waals surface area contributed by atoms with E-state index in [1.54, 1.807) is 0 Å². The highest BCUT2D eigenvalue weighted by molar-refractivity contribution is 5.29. The van der Waals surface area contributed by atoms with Gasteiger partial charge in [0, 0.05) is 0 Å². The first-order chi connectivity index (χ1) is 6.45. The van der Waals surface area contributed by atoms with Crippen LogP contribution in [-0.2, 0) is 0 Å². The maximum absolute atomic E-state index is 5.06. The Labute approximate surface area is 86.0 Å². The molecule has 0 aliphatic rings. The third-order valence-corrected chi connectivity index (χ3v) is 2.82. The zero-order valence-electron chi connectivity index (χ0n) is 9.37. The lowest BCUT2D eigenvalue weighted by atomic mass is 9.78. The van der Waals surface area contributed by atoms with E-state index in [4.69, 9.17) is 5.90 Å². The summed E-state index contributed by atoms with van der Waals surface area (Å²) >= 11 is 0. The van der Waals surface area contributed by atoms with Gasteiger partial charge >= 0.3 is 0 Å². The largest absolute Gasteiger partial charge is 0.412 e. The van der Waals surface area contributed by atoms with Crippen molar-refractivity contribution in [2.45, 2.75) is 33.6 Å². The second-order valence-corrected chi connectivity index (χ2v) is 4.77. The Balaban J connectivity index is 2.87. The second kappa shape index (κ2) is 4.01. The van der Waals surface area contributed by atoms with Gasteiger partial charge in [0.1, 0.15) is 5.75 Å². The van der Waals surface area contributed by atoms with Gasteiger partial charge in [-0.05, 0) is 29.0 Å². The molecule has 2 nitrogen and oxygen atoms in total. The molecular formula is C12H19NO. The van der Waals surface area contributed by atoms with Crippen LogP contribution in [0, 0.1) is 5.41 Å². The predicted molar refractivity (Wildman–Crippen MR) is 59.1 cm³/mol. The molecule has 0 aromatic heterocycles. The molecule has 0 aliphatic carbocycles. The summed E-state index contributed by atoms with van der Waals surface area (Å²) in [5, 5.41) is 0. The van der Waals surface area contributed by atoms with Crippen molar-refractivity contribution in [3.05, 3.63) is 29.8 Å². The van der Waals surface area contributed by atoms with Crippen molar-refractivity contribution in [3.63, 3.8) is 0 Å². The van der Waals surface area contributed by atoms with Gasteiger partial charge in [-0.3, -0.25) is 0 Å². The summed E-state index contributed by atoms with van der Waals surface area (Å²) in [5.41, 5.74) is 1.60. The molecule has 14 heavy (non-hydrogen) atoms. The fourth-order valence-electron chi connectivity index (χ4n) is 1.34. The molecule has 0 bridgehead atoms. The summed E-state index contributed by atoms with van der Waals surface area (Å²) in [5.74, 6) is 6.29. The molecule has 2 heteroatoms. The first-order valence-electron chi connectivity index (χ1n) is 4.92. The molecule has 0 radical (unpaired) electrons. The molecular weight excluding hydrogens is 174 g/mol. The van der Waals surface area contributed by atoms with E-state index in [0.29, 0.717) is 11.7 Å². The molecule has 1 rings (SSSR count). The minimum absolute atomic E-state index is 0.283. The van der Waals surface area contributed by atoms with Crippen LogP contribution in [0.4, 0.5) is 0 Å². The summed E-state index contributed by atoms with van der Waals surface area (Å²) < 4.78 is 0. The Hall–Kier alpha value is -1.02. The second-order valence-electron chi connectivity index (χ2n) is 4.77. The average Bonchev–Trinajstić information content (AvgIpc) is 2.15. The molecule has 1 unspecified atom stereocenters. The molecule has 2 N–H and O–H groups in total. The Kier molecular flexibility index (Phi) is 3.17. The van der Waals surface area contributed by atoms with E-state index in [1.165, 1.54) is 5.56 Å². The van der Waals surface area contributed by atoms with E-state index in [2.05, 4.69) is 44.7 Å². The number of benzene rings is 1. The molecule has 1 aromatic rings. The Morgan fingerprint density at radius 2 is 1.64 bits per heavy atom. The van der Waals surface area contributed by atoms with Gasteiger partial charge in [0.05, 0.1) is 0 Å². The monoisotopic (exact) mass is 193 g/mol. The maximum atomic E-state index is 5.06. The van der Waals surface area contributed by atoms with Crippen LogP contribution in [0.3, 0.4) is 0 Å². The van der Waals surface area contributed by atoms with Crippen molar-refractivity contribution in [3.8, 4) is 5.75 Å². The number of rotatable bonds is 2. The molecule has 0 saturated carbocycles. The van der Waals surface area contributed by atoms with Gasteiger partial charge in [0.2, 0.25) is 0 Å². The standard InChI is InChI=1S/C12H19NO/c1-9(12(2,3)4)10-5-7-11(14-13)8-6-10/h5-9H,13H2,1-4H3. The predicted octanol–water partition coefficient (Wildman–Crippen LogP) is 3.09. The molecule has 0 aliphatic heterocycles. The summed E-state index contributed by atoms with van der Waals surface area (Å²) in [6, 6.07) is 7.94. The summed E-state index contributed by atoms with van der Waals surface area (Å²) in [7, 11) is 0. The first kappa shape index (κ1) is 11.1. The number of hydrogen-bond acceptors (Lipinski definition) is 2. The van der Waals surface area contributed by atoms with E-state index < -0.39 is 0 Å². The molecule has 0 fully saturated rings. The maximum Gasteiger partial charge on any atom is 0.146 e. The van der Waals surface area contributed by atoms with E-state index in [1.807, 2.05) is 12.1 Å². The summed E-state index contributed by atoms with van der Waals surface area (Å²) in [6.07, 6.45) is 0. The molecule has 0 heterocycles. The highest BCUT2D eigenvalue weighted by Gasteiger charge is 2.21. The highest BCUT2D eigenvalue weighted by atomic mass is 16.6. The number of hydrogen-bond donors (Lipinski definition) is 1. The van der Waals surface area contributed by atoms with Gasteiger partial charge in [-0.2, -0.15) is 5.90 Å². The first-order valence-corrected chi connectivity index (χ1v) is 4.92. The van der Waals surface area contributed by atoms with Crippen molar-refractivity contribution in [2.24, 2.45) is 11.3 Å². The van der Waals surface area contributed by atoms with Gasteiger partial charge in [0.15, 0.2) is 0 Å². The Morgan fingerprint density at radius 1 is 1.14 bits per heavy atom. The lowest BCUT2D eigenvalue weighted by molar-refractivity contribution is 0.330. The van der Waals surface area contributed by atoms with Crippen LogP contribution >= 0.6 is 0 Å². The van der Waals surface area contributed by atoms with E-state index in [0.717, 1.165) is 0 Å². The van der Waals surface area contributed by atoms with E-state index >= 15 is 0 Å². The zero-order chi connectivity index (χ0) is 10.8. The smallest absolute Gasteiger partial charge is 0.146 e. The zero-order valence-corrected chi connectivity index (χ0v) is 9.37. The lowest BCUT2D eigenvalue weighted by Gasteiger charge is -2.27. The normalized spacial score (nSPS) is 13.8. The van der Waals surface area contributed by atoms with Crippen LogP contribution in [-0.4, -0.2) is 0 Å². The SMILES string of the molecule is CC(c1ccc(ON)cc1)C(C)(C)C. The molecule has 0 amide bonds. The molecule has 1 atom stereocenters. The Bertz CT molecular complexity index is 284. The molecule has 1 aromatic carbocycles. The van der Waals surface area contributed by atoms with Crippen molar-refractivity contribution in [1.82, 2.24) is 0 Å². The minimum atomic E-state index is 0.283. The van der Waals surface area contributed by atoms with Crippen molar-refractivity contribution < 1.29 is 4.84 Å². The fourth-order valence-corrected chi connectivity index (χ4v) is 1.34. The van der Waals surface area contributed by atoms with Gasteiger partial charge in [0.25, 0.3) is 0 Å². The lowest BCUT2D eigenvalue weighted by Crippen LogP contribution is -2.15. The van der Waals surface area contributed by atoms with Gasteiger partial charge in [-0.25, -0.2) is 0 Å².